The minimum atomic E-state index is -0.523. The van der Waals surface area contributed by atoms with Crippen LogP contribution < -0.4 is 5.48 Å². The number of hydrogen-bond acceptors (Lipinski definition) is 3. The third kappa shape index (κ3) is 4.55. The summed E-state index contributed by atoms with van der Waals surface area (Å²) in [5.74, 6) is -0.523. The van der Waals surface area contributed by atoms with Crippen LogP contribution >= 0.6 is 0 Å². The van der Waals surface area contributed by atoms with E-state index in [1.54, 1.807) is 11.6 Å². The van der Waals surface area contributed by atoms with Crippen LogP contribution in [-0.4, -0.2) is 31.7 Å². The molecule has 6 nitrogen and oxygen atoms in total. The first-order chi connectivity index (χ1) is 16.6. The zero-order valence-corrected chi connectivity index (χ0v) is 19.4. The van der Waals surface area contributed by atoms with E-state index in [4.69, 9.17) is 5.21 Å². The predicted molar refractivity (Wildman–Crippen MR) is 134 cm³/mol. The Hall–Kier alpha value is -3.61. The average Bonchev–Trinajstić information content (AvgIpc) is 3.58. The Kier molecular flexibility index (Phi) is 6.34. The highest BCUT2D eigenvalue weighted by Gasteiger charge is 2.28. The first-order valence-electron chi connectivity index (χ1n) is 11.8. The summed E-state index contributed by atoms with van der Waals surface area (Å²) in [4.78, 5) is 13.9. The molecule has 1 amide bonds. The van der Waals surface area contributed by atoms with Crippen LogP contribution in [0.3, 0.4) is 0 Å². The summed E-state index contributed by atoms with van der Waals surface area (Å²) in [7, 11) is 2.11. The molecule has 0 aliphatic heterocycles. The second kappa shape index (κ2) is 9.71. The van der Waals surface area contributed by atoms with Crippen LogP contribution in [0.2, 0.25) is 0 Å². The first-order valence-corrected chi connectivity index (χ1v) is 11.8. The molecular weight excluding hydrogens is 424 g/mol. The number of hydrogen-bond donors (Lipinski definition) is 2. The normalized spacial score (nSPS) is 15.4. The Bertz CT molecular complexity index is 1330. The largest absolute Gasteiger partial charge is 0.353 e. The minimum Gasteiger partial charge on any atom is -0.353 e. The fraction of sp³-hybridized carbons (Fsp3) is 0.250. The number of aryl methyl sites for hydroxylation is 2. The van der Waals surface area contributed by atoms with E-state index in [0.717, 1.165) is 38.0 Å². The van der Waals surface area contributed by atoms with Gasteiger partial charge in [0.25, 0.3) is 5.91 Å². The van der Waals surface area contributed by atoms with Crippen LogP contribution in [0.15, 0.2) is 79.1 Å². The van der Waals surface area contributed by atoms with Gasteiger partial charge in [0, 0.05) is 62.4 Å². The van der Waals surface area contributed by atoms with Crippen LogP contribution in [-0.2, 0) is 31.4 Å². The van der Waals surface area contributed by atoms with Gasteiger partial charge in [0.05, 0.1) is 0 Å². The van der Waals surface area contributed by atoms with Crippen molar-refractivity contribution in [2.24, 2.45) is 7.05 Å². The molecule has 0 radical (unpaired) electrons. The van der Waals surface area contributed by atoms with Crippen molar-refractivity contribution in [2.45, 2.75) is 32.0 Å². The van der Waals surface area contributed by atoms with Gasteiger partial charge in [-0.15, -0.1) is 0 Å². The van der Waals surface area contributed by atoms with Crippen molar-refractivity contribution >= 4 is 22.9 Å². The van der Waals surface area contributed by atoms with E-state index in [-0.39, 0.29) is 0 Å². The maximum Gasteiger partial charge on any atom is 0.267 e. The van der Waals surface area contributed by atoms with E-state index in [9.17, 15) is 4.79 Å². The number of hydroxylamine groups is 1. The summed E-state index contributed by atoms with van der Waals surface area (Å²) in [6.07, 6.45) is 9.47. The van der Waals surface area contributed by atoms with E-state index in [2.05, 4.69) is 94.1 Å². The molecule has 0 bridgehead atoms. The van der Waals surface area contributed by atoms with Crippen molar-refractivity contribution in [1.29, 1.82) is 0 Å². The van der Waals surface area contributed by atoms with E-state index in [1.807, 2.05) is 0 Å². The average molecular weight is 455 g/mol. The molecule has 6 heteroatoms. The number of benzene rings is 2. The number of fused-ring (bicyclic) bond motifs is 2. The summed E-state index contributed by atoms with van der Waals surface area (Å²) in [6, 6.07) is 21.8. The summed E-state index contributed by atoms with van der Waals surface area (Å²) >= 11 is 0. The van der Waals surface area contributed by atoms with Crippen molar-refractivity contribution in [3.8, 4) is 0 Å². The number of aromatic nitrogens is 2. The third-order valence-electron chi connectivity index (χ3n) is 6.92. The summed E-state index contributed by atoms with van der Waals surface area (Å²) < 4.78 is 4.55. The fourth-order valence-electron chi connectivity index (χ4n) is 5.09. The lowest BCUT2D eigenvalue weighted by Crippen LogP contribution is -2.31. The Morgan fingerprint density at radius 1 is 1.15 bits per heavy atom. The summed E-state index contributed by atoms with van der Waals surface area (Å²) in [5.41, 5.74) is 7.89. The topological polar surface area (TPSA) is 62.4 Å². The number of nitrogens with zero attached hydrogens (tertiary/aromatic N) is 3. The van der Waals surface area contributed by atoms with E-state index >= 15 is 0 Å². The predicted octanol–water partition coefficient (Wildman–Crippen LogP) is 4.69. The lowest BCUT2D eigenvalue weighted by atomic mass is 10.0. The lowest BCUT2D eigenvalue weighted by Gasteiger charge is -2.30. The molecule has 1 unspecified atom stereocenters. The van der Waals surface area contributed by atoms with Gasteiger partial charge in [-0.1, -0.05) is 36.4 Å². The van der Waals surface area contributed by atoms with Gasteiger partial charge >= 0.3 is 0 Å². The molecule has 2 aromatic heterocycles. The molecule has 0 saturated carbocycles. The summed E-state index contributed by atoms with van der Waals surface area (Å²) in [5, 5.41) is 9.98. The van der Waals surface area contributed by atoms with Gasteiger partial charge in [0.2, 0.25) is 0 Å². The van der Waals surface area contributed by atoms with E-state index < -0.39 is 5.91 Å². The van der Waals surface area contributed by atoms with Gasteiger partial charge in [-0.3, -0.25) is 14.9 Å². The Morgan fingerprint density at radius 2 is 2.03 bits per heavy atom. The molecular formula is C28H30N4O2. The van der Waals surface area contributed by atoms with Gasteiger partial charge in [-0.25, -0.2) is 5.48 Å². The Morgan fingerprint density at radius 3 is 2.85 bits per heavy atom. The number of para-hydroxylation sites is 1. The molecule has 4 aromatic rings. The first kappa shape index (κ1) is 22.2. The number of nitrogens with one attached hydrogen (secondary N) is 1. The zero-order valence-electron chi connectivity index (χ0n) is 19.4. The molecule has 2 N–H and O–H groups in total. The quantitative estimate of drug-likeness (QED) is 0.231. The van der Waals surface area contributed by atoms with Crippen molar-refractivity contribution in [3.05, 3.63) is 102 Å². The highest BCUT2D eigenvalue weighted by atomic mass is 16.5. The SMILES string of the molecule is Cn1cccc1CN(CCn1ccc2ccccc21)C1CCc2cc(C=CC(=O)NO)ccc21. The second-order valence-electron chi connectivity index (χ2n) is 8.97. The minimum absolute atomic E-state index is 0.352. The van der Waals surface area contributed by atoms with Gasteiger partial charge in [0.1, 0.15) is 0 Å². The van der Waals surface area contributed by atoms with Crippen molar-refractivity contribution in [3.63, 3.8) is 0 Å². The third-order valence-corrected chi connectivity index (χ3v) is 6.92. The Balaban J connectivity index is 1.39. The number of amides is 1. The molecule has 0 saturated heterocycles. The van der Waals surface area contributed by atoms with Gasteiger partial charge in [-0.05, 0) is 65.3 Å². The van der Waals surface area contributed by atoms with Crippen LogP contribution in [0.25, 0.3) is 17.0 Å². The number of carbonyl (C=O) groups excluding carboxylic acids is 1. The van der Waals surface area contributed by atoms with Crippen molar-refractivity contribution < 1.29 is 10.0 Å². The molecule has 0 spiro atoms. The highest BCUT2D eigenvalue weighted by Crippen LogP contribution is 2.37. The zero-order chi connectivity index (χ0) is 23.5. The van der Waals surface area contributed by atoms with Gasteiger partial charge in [0.15, 0.2) is 0 Å². The van der Waals surface area contributed by atoms with Crippen LogP contribution in [0.5, 0.6) is 0 Å². The molecule has 1 atom stereocenters. The molecule has 2 aromatic carbocycles. The molecule has 1 aliphatic carbocycles. The second-order valence-corrected chi connectivity index (χ2v) is 8.97. The fourth-order valence-corrected chi connectivity index (χ4v) is 5.09. The summed E-state index contributed by atoms with van der Waals surface area (Å²) in [6.45, 7) is 2.78. The van der Waals surface area contributed by atoms with Crippen molar-refractivity contribution in [1.82, 2.24) is 19.5 Å². The smallest absolute Gasteiger partial charge is 0.267 e. The van der Waals surface area contributed by atoms with Gasteiger partial charge < -0.3 is 9.13 Å². The lowest BCUT2D eigenvalue weighted by molar-refractivity contribution is -0.124. The molecule has 2 heterocycles. The van der Waals surface area contributed by atoms with Crippen LogP contribution in [0.1, 0.15) is 34.8 Å². The van der Waals surface area contributed by atoms with Gasteiger partial charge in [-0.2, -0.15) is 0 Å². The maximum atomic E-state index is 11.3. The number of carbonyl (C=O) groups is 1. The molecule has 174 valence electrons. The standard InChI is InChI=1S/C28H30N4O2/c1-30-15-4-6-24(30)20-32(18-17-31-16-14-22-5-2-3-7-26(22)31)27-12-10-23-19-21(8-11-25(23)27)9-13-28(33)29-34/h2-9,11,13-16,19,27,34H,10,12,17-18,20H2,1H3,(H,29,33). The number of rotatable bonds is 8. The highest BCUT2D eigenvalue weighted by molar-refractivity contribution is 5.90. The van der Waals surface area contributed by atoms with Crippen LogP contribution in [0.4, 0.5) is 0 Å². The van der Waals surface area contributed by atoms with E-state index in [1.165, 1.54) is 33.8 Å². The Labute approximate surface area is 199 Å². The van der Waals surface area contributed by atoms with Crippen molar-refractivity contribution in [2.75, 3.05) is 6.54 Å². The van der Waals surface area contributed by atoms with Crippen LogP contribution in [0, 0.1) is 0 Å². The van der Waals surface area contributed by atoms with E-state index in [0.29, 0.717) is 6.04 Å². The molecule has 1 aliphatic rings. The molecule has 0 fully saturated rings. The monoisotopic (exact) mass is 454 g/mol. The maximum absolute atomic E-state index is 11.3. The molecule has 5 rings (SSSR count). The molecule has 34 heavy (non-hydrogen) atoms.